The number of rotatable bonds is 2. The van der Waals surface area contributed by atoms with E-state index in [0.29, 0.717) is 5.56 Å². The first-order valence-electron chi connectivity index (χ1n) is 8.41. The molecule has 1 atom stereocenters. The quantitative estimate of drug-likeness (QED) is 0.902. The fourth-order valence-corrected chi connectivity index (χ4v) is 4.00. The van der Waals surface area contributed by atoms with Crippen molar-refractivity contribution in [1.82, 2.24) is 25.1 Å². The molecule has 1 N–H and O–H groups in total. The molecule has 2 aromatic heterocycles. The van der Waals surface area contributed by atoms with Gasteiger partial charge in [0.2, 0.25) is 5.95 Å². The van der Waals surface area contributed by atoms with E-state index in [-0.39, 0.29) is 11.3 Å². The van der Waals surface area contributed by atoms with Crippen LogP contribution in [0.4, 0.5) is 5.95 Å². The van der Waals surface area contributed by atoms with Crippen molar-refractivity contribution in [3.8, 4) is 0 Å². The zero-order chi connectivity index (χ0) is 16.7. The number of nitrogens with zero attached hydrogens (tertiary/aromatic N) is 5. The van der Waals surface area contributed by atoms with Crippen LogP contribution in [0.2, 0.25) is 0 Å². The number of fused-ring (bicyclic) bond motifs is 2. The highest BCUT2D eigenvalue weighted by molar-refractivity contribution is 5.93. The third-order valence-electron chi connectivity index (χ3n) is 5.24. The molecule has 1 aliphatic carbocycles. The van der Waals surface area contributed by atoms with Crippen LogP contribution in [-0.2, 0) is 11.8 Å². The van der Waals surface area contributed by atoms with Crippen molar-refractivity contribution in [1.29, 1.82) is 0 Å². The first-order chi connectivity index (χ1) is 11.6. The first kappa shape index (κ1) is 15.1. The summed E-state index contributed by atoms with van der Waals surface area (Å²) in [4.78, 5) is 25.9. The van der Waals surface area contributed by atoms with Crippen molar-refractivity contribution < 1.29 is 4.79 Å². The number of amides is 1. The topological polar surface area (TPSA) is 78.0 Å². The maximum Gasteiger partial charge on any atom is 0.257 e. The fraction of sp³-hybridized carbons (Fsp3) is 0.529. The molecule has 1 spiro atoms. The molecular weight excluding hydrogens is 304 g/mol. The number of carbonyl (C=O) groups is 1. The van der Waals surface area contributed by atoms with Crippen LogP contribution in [0, 0.1) is 0 Å². The maximum absolute atomic E-state index is 12.7. The van der Waals surface area contributed by atoms with Gasteiger partial charge in [0.15, 0.2) is 0 Å². The lowest BCUT2D eigenvalue weighted by atomic mass is 9.77. The van der Waals surface area contributed by atoms with Gasteiger partial charge in [-0.15, -0.1) is 0 Å². The number of hydrogen-bond acceptors (Lipinski definition) is 5. The fourth-order valence-electron chi connectivity index (χ4n) is 4.00. The molecule has 7 nitrogen and oxygen atoms in total. The smallest absolute Gasteiger partial charge is 0.257 e. The molecule has 3 heterocycles. The zero-order valence-corrected chi connectivity index (χ0v) is 14.1. The van der Waals surface area contributed by atoms with Crippen LogP contribution in [0.15, 0.2) is 18.6 Å². The highest BCUT2D eigenvalue weighted by atomic mass is 16.2. The van der Waals surface area contributed by atoms with Gasteiger partial charge in [-0.25, -0.2) is 9.97 Å². The van der Waals surface area contributed by atoms with E-state index in [9.17, 15) is 4.79 Å². The number of hydrogen-bond donors (Lipinski definition) is 1. The van der Waals surface area contributed by atoms with Crippen LogP contribution in [0.3, 0.4) is 0 Å². The summed E-state index contributed by atoms with van der Waals surface area (Å²) < 4.78 is 0. The molecule has 2 aliphatic rings. The van der Waals surface area contributed by atoms with Crippen LogP contribution in [0.1, 0.15) is 40.9 Å². The predicted octanol–water partition coefficient (Wildman–Crippen LogP) is 1.39. The van der Waals surface area contributed by atoms with Gasteiger partial charge < -0.3 is 9.80 Å². The molecule has 4 rings (SSSR count). The summed E-state index contributed by atoms with van der Waals surface area (Å²) in [5.74, 6) is 0.798. The lowest BCUT2D eigenvalue weighted by molar-refractivity contribution is 0.0633. The Morgan fingerprint density at radius 2 is 2.21 bits per heavy atom. The lowest BCUT2D eigenvalue weighted by Crippen LogP contribution is -2.48. The normalized spacial score (nSPS) is 22.7. The van der Waals surface area contributed by atoms with E-state index in [1.54, 1.807) is 12.4 Å². The summed E-state index contributed by atoms with van der Waals surface area (Å²) in [7, 11) is 3.91. The van der Waals surface area contributed by atoms with Crippen LogP contribution in [0.25, 0.3) is 0 Å². The minimum atomic E-state index is -0.0271. The highest BCUT2D eigenvalue weighted by Crippen LogP contribution is 2.44. The van der Waals surface area contributed by atoms with Gasteiger partial charge in [-0.2, -0.15) is 5.10 Å². The first-order valence-corrected chi connectivity index (χ1v) is 8.41. The molecule has 1 aliphatic heterocycles. The summed E-state index contributed by atoms with van der Waals surface area (Å²) in [6, 6.07) is 0. The van der Waals surface area contributed by atoms with Crippen molar-refractivity contribution in [2.24, 2.45) is 0 Å². The van der Waals surface area contributed by atoms with Gasteiger partial charge in [-0.05, 0) is 31.2 Å². The van der Waals surface area contributed by atoms with E-state index in [1.807, 2.05) is 30.1 Å². The standard InChI is InChI=1S/C17H22N6O/c1-22(2)16-18-8-12-4-6-17(14(12)21-16)5-3-7-23(11-17)15(24)13-9-19-20-10-13/h8-10H,3-7,11H2,1-2H3,(H,19,20). The third-order valence-corrected chi connectivity index (χ3v) is 5.24. The lowest BCUT2D eigenvalue weighted by Gasteiger charge is -2.40. The van der Waals surface area contributed by atoms with Crippen molar-refractivity contribution in [3.05, 3.63) is 35.4 Å². The Hall–Kier alpha value is -2.44. The van der Waals surface area contributed by atoms with Crippen molar-refractivity contribution in [2.45, 2.75) is 31.1 Å². The van der Waals surface area contributed by atoms with Gasteiger partial charge >= 0.3 is 0 Å². The third kappa shape index (κ3) is 2.35. The largest absolute Gasteiger partial charge is 0.347 e. The molecule has 0 aromatic carbocycles. The highest BCUT2D eigenvalue weighted by Gasteiger charge is 2.45. The number of likely N-dealkylation sites (tertiary alicyclic amines) is 1. The summed E-state index contributed by atoms with van der Waals surface area (Å²) in [5, 5.41) is 6.62. The van der Waals surface area contributed by atoms with Crippen molar-refractivity contribution in [2.75, 3.05) is 32.1 Å². The van der Waals surface area contributed by atoms with Gasteiger partial charge in [-0.1, -0.05) is 0 Å². The van der Waals surface area contributed by atoms with E-state index in [1.165, 1.54) is 5.56 Å². The number of aryl methyl sites for hydroxylation is 1. The second kappa shape index (κ2) is 5.58. The number of carbonyl (C=O) groups excluding carboxylic acids is 1. The number of piperidine rings is 1. The molecule has 1 fully saturated rings. The Morgan fingerprint density at radius 3 is 2.96 bits per heavy atom. The molecule has 0 bridgehead atoms. The van der Waals surface area contributed by atoms with Crippen LogP contribution >= 0.6 is 0 Å². The van der Waals surface area contributed by atoms with Crippen LogP contribution < -0.4 is 4.90 Å². The minimum absolute atomic E-state index is 0.0271. The maximum atomic E-state index is 12.7. The molecule has 0 radical (unpaired) electrons. The monoisotopic (exact) mass is 326 g/mol. The van der Waals surface area contributed by atoms with Crippen molar-refractivity contribution in [3.63, 3.8) is 0 Å². The van der Waals surface area contributed by atoms with Crippen molar-refractivity contribution >= 4 is 11.9 Å². The minimum Gasteiger partial charge on any atom is -0.347 e. The second-order valence-corrected chi connectivity index (χ2v) is 7.04. The molecule has 7 heteroatoms. The Bertz CT molecular complexity index is 752. The molecule has 0 saturated carbocycles. The number of aromatic nitrogens is 4. The van der Waals surface area contributed by atoms with Crippen LogP contribution in [-0.4, -0.2) is 58.2 Å². The molecule has 1 unspecified atom stereocenters. The summed E-state index contributed by atoms with van der Waals surface area (Å²) in [6.07, 6.45) is 9.35. The predicted molar refractivity (Wildman–Crippen MR) is 90.1 cm³/mol. The van der Waals surface area contributed by atoms with E-state index in [0.717, 1.165) is 50.4 Å². The molecule has 1 amide bonds. The van der Waals surface area contributed by atoms with E-state index < -0.39 is 0 Å². The van der Waals surface area contributed by atoms with Gasteiger partial charge in [0.25, 0.3) is 5.91 Å². The molecule has 24 heavy (non-hydrogen) atoms. The summed E-state index contributed by atoms with van der Waals surface area (Å²) in [5.41, 5.74) is 2.98. The SMILES string of the molecule is CN(C)c1ncc2c(n1)C1(CCCN(C(=O)c3cn[nH]c3)C1)CC2. The average Bonchev–Trinajstić information content (AvgIpc) is 3.23. The molecular formula is C17H22N6O. The Kier molecular flexibility index (Phi) is 3.51. The number of nitrogens with one attached hydrogen (secondary N) is 1. The Balaban J connectivity index is 1.65. The van der Waals surface area contributed by atoms with Gasteiger partial charge in [0, 0.05) is 45.0 Å². The molecule has 1 saturated heterocycles. The molecule has 2 aromatic rings. The van der Waals surface area contributed by atoms with Gasteiger partial charge in [0.1, 0.15) is 0 Å². The average molecular weight is 326 g/mol. The van der Waals surface area contributed by atoms with E-state index >= 15 is 0 Å². The van der Waals surface area contributed by atoms with E-state index in [2.05, 4.69) is 15.2 Å². The van der Waals surface area contributed by atoms with Gasteiger partial charge in [-0.3, -0.25) is 9.89 Å². The molecule has 126 valence electrons. The van der Waals surface area contributed by atoms with Crippen LogP contribution in [0.5, 0.6) is 0 Å². The summed E-state index contributed by atoms with van der Waals surface area (Å²) >= 11 is 0. The Morgan fingerprint density at radius 1 is 1.33 bits per heavy atom. The number of aromatic amines is 1. The number of anilines is 1. The second-order valence-electron chi connectivity index (χ2n) is 7.04. The van der Waals surface area contributed by atoms with Gasteiger partial charge in [0.05, 0.1) is 17.5 Å². The zero-order valence-electron chi connectivity index (χ0n) is 14.1. The summed E-state index contributed by atoms with van der Waals surface area (Å²) in [6.45, 7) is 1.53. The van der Waals surface area contributed by atoms with E-state index in [4.69, 9.17) is 4.98 Å². The Labute approximate surface area is 141 Å². The number of H-pyrrole nitrogens is 1.